The van der Waals surface area contributed by atoms with E-state index in [2.05, 4.69) is 52.6 Å². The van der Waals surface area contributed by atoms with Crippen molar-refractivity contribution >= 4 is 33.3 Å². The summed E-state index contributed by atoms with van der Waals surface area (Å²) in [4.78, 5) is 23.2. The molecular weight excluding hydrogens is 360 g/mol. The third kappa shape index (κ3) is 4.81. The fourth-order valence-corrected chi connectivity index (χ4v) is 3.89. The summed E-state index contributed by atoms with van der Waals surface area (Å²) in [5, 5.41) is 15.9. The molecular formula is C20H24N4O2S. The zero-order valence-electron chi connectivity index (χ0n) is 15.5. The molecule has 0 fully saturated rings. The molecule has 7 heteroatoms. The third-order valence-corrected chi connectivity index (χ3v) is 5.23. The Morgan fingerprint density at radius 2 is 2.00 bits per heavy atom. The van der Waals surface area contributed by atoms with Gasteiger partial charge in [0.2, 0.25) is 5.91 Å². The second-order valence-electron chi connectivity index (χ2n) is 6.76. The molecule has 1 amide bonds. The Morgan fingerprint density at radius 3 is 2.70 bits per heavy atom. The van der Waals surface area contributed by atoms with Crippen molar-refractivity contribution in [1.82, 2.24) is 15.3 Å². The van der Waals surface area contributed by atoms with Crippen LogP contribution in [0.3, 0.4) is 0 Å². The molecule has 3 N–H and O–H groups in total. The number of benzene rings is 1. The molecule has 0 aliphatic heterocycles. The molecule has 27 heavy (non-hydrogen) atoms. The molecule has 0 spiro atoms. The minimum Gasteiger partial charge on any atom is -0.395 e. The number of rotatable bonds is 8. The molecule has 2 heterocycles. The monoisotopic (exact) mass is 384 g/mol. The summed E-state index contributed by atoms with van der Waals surface area (Å²) in [6, 6.07) is 11.8. The average Bonchev–Trinajstić information content (AvgIpc) is 3.11. The Kier molecular flexibility index (Phi) is 6.36. The smallest absolute Gasteiger partial charge is 0.242 e. The molecule has 0 saturated carbocycles. The van der Waals surface area contributed by atoms with Crippen LogP contribution in [0.4, 0.5) is 5.82 Å². The highest BCUT2D eigenvalue weighted by Crippen LogP contribution is 2.35. The molecule has 0 unspecified atom stereocenters. The van der Waals surface area contributed by atoms with Crippen LogP contribution < -0.4 is 10.6 Å². The van der Waals surface area contributed by atoms with E-state index < -0.39 is 6.04 Å². The predicted molar refractivity (Wildman–Crippen MR) is 110 cm³/mol. The summed E-state index contributed by atoms with van der Waals surface area (Å²) >= 11 is 1.60. The summed E-state index contributed by atoms with van der Waals surface area (Å²) < 4.78 is 0. The fourth-order valence-electron chi connectivity index (χ4n) is 2.89. The van der Waals surface area contributed by atoms with Gasteiger partial charge < -0.3 is 15.7 Å². The van der Waals surface area contributed by atoms with Crippen LogP contribution >= 0.6 is 11.3 Å². The lowest BCUT2D eigenvalue weighted by atomic mass is 10.0. The minimum atomic E-state index is -0.422. The number of aromatic nitrogens is 2. The second kappa shape index (κ2) is 8.92. The molecule has 3 aromatic rings. The van der Waals surface area contributed by atoms with E-state index in [1.54, 1.807) is 11.3 Å². The molecule has 2 aromatic heterocycles. The Balaban J connectivity index is 1.90. The number of thiophene rings is 1. The highest BCUT2D eigenvalue weighted by molar-refractivity contribution is 7.21. The molecule has 0 aliphatic carbocycles. The fraction of sp³-hybridized carbons (Fsp3) is 0.350. The first kappa shape index (κ1) is 19.3. The number of nitrogens with one attached hydrogen (secondary N) is 2. The number of aliphatic hydroxyl groups excluding tert-OH is 1. The number of carbonyl (C=O) groups excluding carboxylic acids is 1. The van der Waals surface area contributed by atoms with Gasteiger partial charge in [0, 0.05) is 11.4 Å². The van der Waals surface area contributed by atoms with Crippen molar-refractivity contribution in [3.63, 3.8) is 0 Å². The van der Waals surface area contributed by atoms with Crippen molar-refractivity contribution in [3.8, 4) is 10.4 Å². The van der Waals surface area contributed by atoms with Gasteiger partial charge in [-0.15, -0.1) is 11.3 Å². The standard InChI is InChI=1S/C20H24N4O2S/c1-13(2)10-16(19(26)21-8-9-25)24-18-15-11-17(14-6-4-3-5-7-14)27-20(15)23-12-22-18/h3-7,11-13,16,25H,8-10H2,1-2H3,(H,21,26)(H,22,23,24)/t16-/m0/s1. The van der Waals surface area contributed by atoms with Gasteiger partial charge in [-0.3, -0.25) is 4.79 Å². The zero-order chi connectivity index (χ0) is 19.2. The first-order valence-electron chi connectivity index (χ1n) is 9.03. The highest BCUT2D eigenvalue weighted by Gasteiger charge is 2.21. The van der Waals surface area contributed by atoms with Gasteiger partial charge in [0.05, 0.1) is 12.0 Å². The quantitative estimate of drug-likeness (QED) is 0.555. The van der Waals surface area contributed by atoms with Crippen molar-refractivity contribution in [3.05, 3.63) is 42.7 Å². The first-order chi connectivity index (χ1) is 13.1. The number of hydrogen-bond acceptors (Lipinski definition) is 6. The van der Waals surface area contributed by atoms with E-state index in [0.29, 0.717) is 18.2 Å². The molecule has 1 aromatic carbocycles. The first-order valence-corrected chi connectivity index (χ1v) is 9.85. The molecule has 0 radical (unpaired) electrons. The maximum absolute atomic E-state index is 12.5. The topological polar surface area (TPSA) is 87.1 Å². The number of fused-ring (bicyclic) bond motifs is 1. The lowest BCUT2D eigenvalue weighted by Gasteiger charge is -2.20. The van der Waals surface area contributed by atoms with Crippen LogP contribution in [0.25, 0.3) is 20.7 Å². The summed E-state index contributed by atoms with van der Waals surface area (Å²) in [5.74, 6) is 0.855. The largest absolute Gasteiger partial charge is 0.395 e. The molecule has 6 nitrogen and oxygen atoms in total. The summed E-state index contributed by atoms with van der Waals surface area (Å²) in [6.07, 6.45) is 2.19. The van der Waals surface area contributed by atoms with Crippen LogP contribution in [-0.4, -0.2) is 40.2 Å². The number of carbonyl (C=O) groups is 1. The van der Waals surface area contributed by atoms with Gasteiger partial charge in [-0.05, 0) is 24.0 Å². The van der Waals surface area contributed by atoms with Gasteiger partial charge in [0.25, 0.3) is 0 Å². The van der Waals surface area contributed by atoms with E-state index in [-0.39, 0.29) is 19.1 Å². The molecule has 0 saturated heterocycles. The van der Waals surface area contributed by atoms with Crippen molar-refractivity contribution < 1.29 is 9.90 Å². The third-order valence-electron chi connectivity index (χ3n) is 4.13. The van der Waals surface area contributed by atoms with Crippen LogP contribution in [0.5, 0.6) is 0 Å². The second-order valence-corrected chi connectivity index (χ2v) is 7.79. The van der Waals surface area contributed by atoms with Crippen LogP contribution in [0.15, 0.2) is 42.7 Å². The van der Waals surface area contributed by atoms with Gasteiger partial charge in [-0.2, -0.15) is 0 Å². The zero-order valence-corrected chi connectivity index (χ0v) is 16.3. The number of anilines is 1. The number of hydrogen-bond donors (Lipinski definition) is 3. The van der Waals surface area contributed by atoms with E-state index >= 15 is 0 Å². The number of aliphatic hydroxyl groups is 1. The Morgan fingerprint density at radius 1 is 1.22 bits per heavy atom. The van der Waals surface area contributed by atoms with Crippen molar-refractivity contribution in [1.29, 1.82) is 0 Å². The molecule has 3 rings (SSSR count). The van der Waals surface area contributed by atoms with Crippen LogP contribution in [0, 0.1) is 5.92 Å². The van der Waals surface area contributed by atoms with E-state index in [1.165, 1.54) is 6.33 Å². The van der Waals surface area contributed by atoms with Crippen LogP contribution in [0.1, 0.15) is 20.3 Å². The van der Waals surface area contributed by atoms with Gasteiger partial charge in [-0.1, -0.05) is 44.2 Å². The lowest BCUT2D eigenvalue weighted by molar-refractivity contribution is -0.122. The number of nitrogens with zero attached hydrogens (tertiary/aromatic N) is 2. The van der Waals surface area contributed by atoms with Gasteiger partial charge in [0.1, 0.15) is 23.0 Å². The van der Waals surface area contributed by atoms with E-state index in [9.17, 15) is 4.79 Å². The van der Waals surface area contributed by atoms with Gasteiger partial charge in [0.15, 0.2) is 0 Å². The molecule has 142 valence electrons. The van der Waals surface area contributed by atoms with E-state index in [4.69, 9.17) is 5.11 Å². The van der Waals surface area contributed by atoms with E-state index in [1.807, 2.05) is 18.2 Å². The Hall–Kier alpha value is -2.51. The number of amides is 1. The lowest BCUT2D eigenvalue weighted by Crippen LogP contribution is -2.41. The predicted octanol–water partition coefficient (Wildman–Crippen LogP) is 3.29. The van der Waals surface area contributed by atoms with Crippen molar-refractivity contribution in [2.24, 2.45) is 5.92 Å². The van der Waals surface area contributed by atoms with Gasteiger partial charge >= 0.3 is 0 Å². The maximum atomic E-state index is 12.5. The SMILES string of the molecule is CC(C)C[C@H](Nc1ncnc2sc(-c3ccccc3)cc12)C(=O)NCCO. The summed E-state index contributed by atoms with van der Waals surface area (Å²) in [7, 11) is 0. The molecule has 0 aliphatic rings. The van der Waals surface area contributed by atoms with Crippen molar-refractivity contribution in [2.45, 2.75) is 26.3 Å². The van der Waals surface area contributed by atoms with Crippen LogP contribution in [-0.2, 0) is 4.79 Å². The summed E-state index contributed by atoms with van der Waals surface area (Å²) in [5.41, 5.74) is 1.13. The van der Waals surface area contributed by atoms with Crippen molar-refractivity contribution in [2.75, 3.05) is 18.5 Å². The van der Waals surface area contributed by atoms with Crippen LogP contribution in [0.2, 0.25) is 0 Å². The Labute approximate surface area is 162 Å². The normalized spacial score (nSPS) is 12.3. The highest BCUT2D eigenvalue weighted by atomic mass is 32.1. The van der Waals surface area contributed by atoms with E-state index in [0.717, 1.165) is 20.7 Å². The molecule has 0 bridgehead atoms. The maximum Gasteiger partial charge on any atom is 0.242 e. The average molecular weight is 385 g/mol. The van der Waals surface area contributed by atoms with Gasteiger partial charge in [-0.25, -0.2) is 9.97 Å². The molecule has 1 atom stereocenters. The summed E-state index contributed by atoms with van der Waals surface area (Å²) in [6.45, 7) is 4.30. The minimum absolute atomic E-state index is 0.0805. The Bertz CT molecular complexity index is 895.